The van der Waals surface area contributed by atoms with Crippen LogP contribution in [0.1, 0.15) is 33.6 Å². The van der Waals surface area contributed by atoms with Gasteiger partial charge in [0.1, 0.15) is 5.78 Å². The fraction of sp³-hybridized carbons (Fsp3) is 0.727. The Bertz CT molecular complexity index is 223. The topological polar surface area (TPSA) is 37.3 Å². The Labute approximate surface area is 79.6 Å². The molecule has 1 N–H and O–H groups in total. The Morgan fingerprint density at radius 1 is 1.46 bits per heavy atom. The van der Waals surface area contributed by atoms with Crippen molar-refractivity contribution in [1.82, 2.24) is 0 Å². The second-order valence-electron chi connectivity index (χ2n) is 4.83. The Hall–Kier alpha value is -0.630. The number of aliphatic hydroxyl groups excluding tert-OH is 1. The zero-order valence-electron chi connectivity index (χ0n) is 8.58. The van der Waals surface area contributed by atoms with Crippen molar-refractivity contribution in [1.29, 1.82) is 0 Å². The van der Waals surface area contributed by atoms with Crippen molar-refractivity contribution in [3.05, 3.63) is 12.2 Å². The van der Waals surface area contributed by atoms with Crippen molar-refractivity contribution in [2.24, 2.45) is 11.3 Å². The summed E-state index contributed by atoms with van der Waals surface area (Å²) >= 11 is 0. The molecule has 0 aromatic carbocycles. The van der Waals surface area contributed by atoms with Crippen LogP contribution in [0.3, 0.4) is 0 Å². The molecule has 2 nitrogen and oxygen atoms in total. The lowest BCUT2D eigenvalue weighted by Gasteiger charge is -2.31. The third kappa shape index (κ3) is 2.66. The maximum absolute atomic E-state index is 11.2. The van der Waals surface area contributed by atoms with Crippen molar-refractivity contribution in [2.45, 2.75) is 39.7 Å². The van der Waals surface area contributed by atoms with E-state index in [-0.39, 0.29) is 17.1 Å². The van der Waals surface area contributed by atoms with E-state index < -0.39 is 6.10 Å². The van der Waals surface area contributed by atoms with E-state index in [9.17, 15) is 9.90 Å². The largest absolute Gasteiger partial charge is 0.392 e. The van der Waals surface area contributed by atoms with Crippen LogP contribution in [-0.4, -0.2) is 17.0 Å². The first-order chi connectivity index (χ1) is 5.91. The molecule has 0 heterocycles. The average Bonchev–Trinajstić information content (AvgIpc) is 2.08. The summed E-state index contributed by atoms with van der Waals surface area (Å²) in [6.45, 7) is 6.25. The highest BCUT2D eigenvalue weighted by Crippen LogP contribution is 2.32. The minimum Gasteiger partial charge on any atom is -0.392 e. The molecule has 0 saturated carbocycles. The first kappa shape index (κ1) is 10.5. The third-order valence-electron chi connectivity index (χ3n) is 2.54. The minimum absolute atomic E-state index is 0.0283. The summed E-state index contributed by atoms with van der Waals surface area (Å²) in [7, 11) is 0. The number of rotatable bonds is 0. The lowest BCUT2D eigenvalue weighted by Crippen LogP contribution is -2.31. The van der Waals surface area contributed by atoms with E-state index in [0.717, 1.165) is 0 Å². The van der Waals surface area contributed by atoms with Gasteiger partial charge in [-0.25, -0.2) is 0 Å². The summed E-state index contributed by atoms with van der Waals surface area (Å²) in [4.78, 5) is 11.2. The number of hydrogen-bond acceptors (Lipinski definition) is 2. The molecule has 74 valence electrons. The van der Waals surface area contributed by atoms with Crippen molar-refractivity contribution in [3.8, 4) is 0 Å². The molecule has 1 rings (SSSR count). The van der Waals surface area contributed by atoms with Crippen LogP contribution in [0.5, 0.6) is 0 Å². The number of ketones is 1. The highest BCUT2D eigenvalue weighted by molar-refractivity contribution is 5.80. The zero-order chi connectivity index (χ0) is 10.1. The van der Waals surface area contributed by atoms with Gasteiger partial charge in [0.15, 0.2) is 0 Å². The highest BCUT2D eigenvalue weighted by atomic mass is 16.3. The van der Waals surface area contributed by atoms with Crippen LogP contribution in [0.2, 0.25) is 0 Å². The Morgan fingerprint density at radius 2 is 2.08 bits per heavy atom. The number of aliphatic hydroxyl groups is 1. The summed E-state index contributed by atoms with van der Waals surface area (Å²) in [5.41, 5.74) is 0.0283. The fourth-order valence-corrected chi connectivity index (χ4v) is 1.78. The maximum Gasteiger partial charge on any atom is 0.139 e. The number of allylic oxidation sites excluding steroid dienone is 1. The Morgan fingerprint density at radius 3 is 2.62 bits per heavy atom. The smallest absolute Gasteiger partial charge is 0.139 e. The fourth-order valence-electron chi connectivity index (χ4n) is 1.78. The van der Waals surface area contributed by atoms with E-state index in [4.69, 9.17) is 0 Å². The molecule has 2 atom stereocenters. The Balaban J connectivity index is 2.80. The molecule has 1 aliphatic rings. The van der Waals surface area contributed by atoms with Crippen LogP contribution in [0.15, 0.2) is 12.2 Å². The molecule has 0 radical (unpaired) electrons. The van der Waals surface area contributed by atoms with Gasteiger partial charge in [-0.1, -0.05) is 32.9 Å². The van der Waals surface area contributed by atoms with E-state index in [1.807, 2.05) is 12.2 Å². The second kappa shape index (κ2) is 3.62. The summed E-state index contributed by atoms with van der Waals surface area (Å²) in [5.74, 6) is 0.231. The van der Waals surface area contributed by atoms with Crippen molar-refractivity contribution in [2.75, 3.05) is 0 Å². The first-order valence-electron chi connectivity index (χ1n) is 4.77. The minimum atomic E-state index is -0.508. The van der Waals surface area contributed by atoms with Crippen LogP contribution in [0.4, 0.5) is 0 Å². The monoisotopic (exact) mass is 182 g/mol. The number of carbonyl (C=O) groups is 1. The molecule has 0 spiro atoms. The summed E-state index contributed by atoms with van der Waals surface area (Å²) in [5, 5.41) is 9.78. The number of Topliss-reactive ketones (excluding diaryl/α,β-unsaturated/α-hetero) is 1. The van der Waals surface area contributed by atoms with E-state index in [0.29, 0.717) is 12.8 Å². The van der Waals surface area contributed by atoms with Crippen LogP contribution in [0, 0.1) is 11.3 Å². The van der Waals surface area contributed by atoms with E-state index in [1.165, 1.54) is 0 Å². The van der Waals surface area contributed by atoms with Gasteiger partial charge in [0, 0.05) is 18.8 Å². The predicted molar refractivity (Wildman–Crippen MR) is 52.3 cm³/mol. The molecule has 0 fully saturated rings. The molecule has 0 aromatic rings. The van der Waals surface area contributed by atoms with Crippen molar-refractivity contribution in [3.63, 3.8) is 0 Å². The Kier molecular flexibility index (Phi) is 2.91. The van der Waals surface area contributed by atoms with E-state index in [1.54, 1.807) is 0 Å². The van der Waals surface area contributed by atoms with Gasteiger partial charge in [0.2, 0.25) is 0 Å². The maximum atomic E-state index is 11.2. The van der Waals surface area contributed by atoms with Crippen LogP contribution >= 0.6 is 0 Å². The van der Waals surface area contributed by atoms with Crippen LogP contribution in [0.25, 0.3) is 0 Å². The molecule has 2 heteroatoms. The molecule has 0 bridgehead atoms. The summed E-state index contributed by atoms with van der Waals surface area (Å²) < 4.78 is 0. The van der Waals surface area contributed by atoms with Gasteiger partial charge in [-0.3, -0.25) is 4.79 Å². The summed E-state index contributed by atoms with van der Waals surface area (Å²) in [6, 6.07) is 0. The molecule has 1 aliphatic carbocycles. The van der Waals surface area contributed by atoms with Gasteiger partial charge in [-0.15, -0.1) is 0 Å². The SMILES string of the molecule is CC(C)(C)C1C=CCC(=O)CC1O. The molecular formula is C11H18O2. The molecule has 0 saturated heterocycles. The quantitative estimate of drug-likeness (QED) is 0.581. The summed E-state index contributed by atoms with van der Waals surface area (Å²) in [6.07, 6.45) is 4.13. The average molecular weight is 182 g/mol. The predicted octanol–water partition coefficient (Wildman–Crippen LogP) is 1.93. The van der Waals surface area contributed by atoms with Gasteiger partial charge >= 0.3 is 0 Å². The van der Waals surface area contributed by atoms with Gasteiger partial charge in [0.25, 0.3) is 0 Å². The standard InChI is InChI=1S/C11H18O2/c1-11(2,3)9-6-4-5-8(12)7-10(9)13/h4,6,9-10,13H,5,7H2,1-3H3. The number of carbonyl (C=O) groups excluding carboxylic acids is 1. The van der Waals surface area contributed by atoms with Gasteiger partial charge in [-0.2, -0.15) is 0 Å². The van der Waals surface area contributed by atoms with Crippen LogP contribution in [-0.2, 0) is 4.79 Å². The lowest BCUT2D eigenvalue weighted by molar-refractivity contribution is -0.120. The molecule has 0 aliphatic heterocycles. The van der Waals surface area contributed by atoms with Crippen molar-refractivity contribution >= 4 is 5.78 Å². The van der Waals surface area contributed by atoms with Gasteiger partial charge in [0.05, 0.1) is 6.10 Å². The van der Waals surface area contributed by atoms with Gasteiger partial charge < -0.3 is 5.11 Å². The van der Waals surface area contributed by atoms with Crippen LogP contribution < -0.4 is 0 Å². The van der Waals surface area contributed by atoms with E-state index in [2.05, 4.69) is 20.8 Å². The molecule has 0 aromatic heterocycles. The number of hydrogen-bond donors (Lipinski definition) is 1. The molecule has 2 unspecified atom stereocenters. The lowest BCUT2D eigenvalue weighted by atomic mass is 9.77. The van der Waals surface area contributed by atoms with E-state index >= 15 is 0 Å². The second-order valence-corrected chi connectivity index (χ2v) is 4.83. The zero-order valence-corrected chi connectivity index (χ0v) is 8.58. The normalized spacial score (nSPS) is 30.3. The molecular weight excluding hydrogens is 164 g/mol. The first-order valence-corrected chi connectivity index (χ1v) is 4.77. The third-order valence-corrected chi connectivity index (χ3v) is 2.54. The highest BCUT2D eigenvalue weighted by Gasteiger charge is 2.31. The van der Waals surface area contributed by atoms with Crippen molar-refractivity contribution < 1.29 is 9.90 Å². The molecule has 13 heavy (non-hydrogen) atoms. The van der Waals surface area contributed by atoms with Gasteiger partial charge in [-0.05, 0) is 5.41 Å². The molecule has 0 amide bonds.